The van der Waals surface area contributed by atoms with Crippen LogP contribution >= 0.6 is 0 Å². The van der Waals surface area contributed by atoms with Crippen molar-refractivity contribution in [2.24, 2.45) is 0 Å². The van der Waals surface area contributed by atoms with Crippen LogP contribution in [0.15, 0.2) is 114 Å². The van der Waals surface area contributed by atoms with Gasteiger partial charge in [-0.25, -0.2) is 8.42 Å². The second kappa shape index (κ2) is 9.93. The molecule has 0 aliphatic heterocycles. The van der Waals surface area contributed by atoms with E-state index in [1.54, 1.807) is 61.5 Å². The van der Waals surface area contributed by atoms with Gasteiger partial charge in [-0.2, -0.15) is 4.31 Å². The predicted octanol–water partition coefficient (Wildman–Crippen LogP) is 5.85. The monoisotopic (exact) mass is 471 g/mol. The average Bonchev–Trinajstić information content (AvgIpc) is 2.86. The Morgan fingerprint density at radius 3 is 1.85 bits per heavy atom. The minimum atomic E-state index is -4.14. The molecule has 1 unspecified atom stereocenters. The summed E-state index contributed by atoms with van der Waals surface area (Å²) in [6, 6.07) is 31.9. The fourth-order valence-electron chi connectivity index (χ4n) is 3.54. The van der Waals surface area contributed by atoms with Crippen LogP contribution in [-0.4, -0.2) is 20.4 Å². The van der Waals surface area contributed by atoms with Gasteiger partial charge in [0.25, 0.3) is 15.9 Å². The zero-order valence-corrected chi connectivity index (χ0v) is 19.8. The van der Waals surface area contributed by atoms with Crippen molar-refractivity contribution in [3.8, 4) is 16.9 Å². The Morgan fingerprint density at radius 1 is 0.735 bits per heavy atom. The van der Waals surface area contributed by atoms with E-state index >= 15 is 0 Å². The number of sulfonamides is 1. The molecule has 0 spiro atoms. The van der Waals surface area contributed by atoms with Gasteiger partial charge in [0.2, 0.25) is 0 Å². The first-order valence-corrected chi connectivity index (χ1v) is 12.3. The molecular weight excluding hydrogens is 446 g/mol. The quantitative estimate of drug-likeness (QED) is 0.339. The third-order valence-corrected chi connectivity index (χ3v) is 7.11. The van der Waals surface area contributed by atoms with Crippen molar-refractivity contribution in [2.75, 3.05) is 4.31 Å². The van der Waals surface area contributed by atoms with Crippen LogP contribution in [0.3, 0.4) is 0 Å². The van der Waals surface area contributed by atoms with Crippen molar-refractivity contribution in [3.63, 3.8) is 0 Å². The topological polar surface area (TPSA) is 63.7 Å². The molecule has 34 heavy (non-hydrogen) atoms. The molecule has 0 fully saturated rings. The highest BCUT2D eigenvalue weighted by Gasteiger charge is 2.34. The summed E-state index contributed by atoms with van der Waals surface area (Å²) >= 11 is 0. The predicted molar refractivity (Wildman–Crippen MR) is 134 cm³/mol. The maximum Gasteiger partial charge on any atom is 0.281 e. The molecule has 0 heterocycles. The molecular formula is C28H25NO4S. The van der Waals surface area contributed by atoms with E-state index in [4.69, 9.17) is 4.74 Å². The van der Waals surface area contributed by atoms with Crippen molar-refractivity contribution in [3.05, 3.63) is 115 Å². The third kappa shape index (κ3) is 5.02. The molecule has 0 N–H and O–H groups in total. The van der Waals surface area contributed by atoms with E-state index in [1.165, 1.54) is 12.1 Å². The van der Waals surface area contributed by atoms with Crippen LogP contribution in [0.2, 0.25) is 0 Å². The van der Waals surface area contributed by atoms with Crippen LogP contribution in [0.25, 0.3) is 11.1 Å². The first kappa shape index (κ1) is 23.3. The first-order chi connectivity index (χ1) is 16.4. The summed E-state index contributed by atoms with van der Waals surface area (Å²) in [5, 5.41) is 0. The van der Waals surface area contributed by atoms with Gasteiger partial charge in [-0.15, -0.1) is 0 Å². The maximum atomic E-state index is 13.5. The van der Waals surface area contributed by atoms with Crippen LogP contribution in [0, 0.1) is 6.92 Å². The highest BCUT2D eigenvalue weighted by molar-refractivity contribution is 7.93. The van der Waals surface area contributed by atoms with E-state index in [0.717, 1.165) is 21.0 Å². The summed E-state index contributed by atoms with van der Waals surface area (Å²) in [7, 11) is -4.14. The SMILES string of the molecule is Cc1ccc(N(C(=O)C(C)Oc2ccc(-c3ccccc3)cc2)S(=O)(=O)c2ccccc2)cc1. The average molecular weight is 472 g/mol. The number of anilines is 1. The Bertz CT molecular complexity index is 1350. The lowest BCUT2D eigenvalue weighted by Crippen LogP contribution is -2.44. The number of nitrogens with zero attached hydrogens (tertiary/aromatic N) is 1. The van der Waals surface area contributed by atoms with Gasteiger partial charge in [0.15, 0.2) is 6.10 Å². The summed E-state index contributed by atoms with van der Waals surface area (Å²) in [6.07, 6.45) is -1.04. The normalized spacial score (nSPS) is 12.1. The first-order valence-electron chi connectivity index (χ1n) is 10.9. The van der Waals surface area contributed by atoms with Gasteiger partial charge in [-0.3, -0.25) is 4.79 Å². The number of aryl methyl sites for hydroxylation is 1. The lowest BCUT2D eigenvalue weighted by molar-refractivity contribution is -0.123. The van der Waals surface area contributed by atoms with Crippen molar-refractivity contribution in [2.45, 2.75) is 24.8 Å². The molecule has 0 radical (unpaired) electrons. The fourth-order valence-corrected chi connectivity index (χ4v) is 5.04. The second-order valence-electron chi connectivity index (χ2n) is 7.91. The standard InChI is InChI=1S/C28H25NO4S/c1-21-13-17-25(18-14-21)29(34(31,32)27-11-7-4-8-12-27)28(30)22(2)33-26-19-15-24(16-20-26)23-9-5-3-6-10-23/h3-20,22H,1-2H3. The van der Waals surface area contributed by atoms with Crippen LogP contribution < -0.4 is 9.04 Å². The van der Waals surface area contributed by atoms with E-state index < -0.39 is 22.0 Å². The molecule has 0 aliphatic carbocycles. The van der Waals surface area contributed by atoms with Crippen molar-refractivity contribution in [1.29, 1.82) is 0 Å². The van der Waals surface area contributed by atoms with E-state index in [2.05, 4.69) is 0 Å². The Morgan fingerprint density at radius 2 is 1.26 bits per heavy atom. The van der Waals surface area contributed by atoms with Crippen LogP contribution in [-0.2, 0) is 14.8 Å². The minimum absolute atomic E-state index is 0.0309. The summed E-state index contributed by atoms with van der Waals surface area (Å²) < 4.78 is 33.6. The number of ether oxygens (including phenoxy) is 1. The molecule has 4 aromatic rings. The smallest absolute Gasteiger partial charge is 0.281 e. The molecule has 0 bridgehead atoms. The Kier molecular flexibility index (Phi) is 6.80. The van der Waals surface area contributed by atoms with Gasteiger partial charge in [-0.05, 0) is 61.4 Å². The molecule has 0 aliphatic rings. The molecule has 4 rings (SSSR count). The number of rotatable bonds is 7. The Labute approximate surface area is 200 Å². The van der Waals surface area contributed by atoms with Crippen LogP contribution in [0.1, 0.15) is 12.5 Å². The van der Waals surface area contributed by atoms with Gasteiger partial charge < -0.3 is 4.74 Å². The molecule has 0 aromatic heterocycles. The minimum Gasteiger partial charge on any atom is -0.481 e. The summed E-state index contributed by atoms with van der Waals surface area (Å²) in [5.41, 5.74) is 3.29. The number of hydrogen-bond donors (Lipinski definition) is 0. The van der Waals surface area contributed by atoms with Gasteiger partial charge in [0.05, 0.1) is 10.6 Å². The Hall–Kier alpha value is -3.90. The van der Waals surface area contributed by atoms with E-state index in [1.807, 2.05) is 49.4 Å². The van der Waals surface area contributed by atoms with Gasteiger partial charge in [0, 0.05) is 0 Å². The molecule has 172 valence electrons. The molecule has 0 saturated carbocycles. The molecule has 1 atom stereocenters. The largest absolute Gasteiger partial charge is 0.481 e. The van der Waals surface area contributed by atoms with Crippen LogP contribution in [0.4, 0.5) is 5.69 Å². The summed E-state index contributed by atoms with van der Waals surface area (Å²) in [4.78, 5) is 13.5. The highest BCUT2D eigenvalue weighted by atomic mass is 32.2. The summed E-state index contributed by atoms with van der Waals surface area (Å²) in [6.45, 7) is 3.45. The Balaban J connectivity index is 1.61. The number of amides is 1. The zero-order valence-electron chi connectivity index (χ0n) is 19.0. The highest BCUT2D eigenvalue weighted by Crippen LogP contribution is 2.27. The number of hydrogen-bond acceptors (Lipinski definition) is 4. The fraction of sp³-hybridized carbons (Fsp3) is 0.107. The van der Waals surface area contributed by atoms with E-state index in [-0.39, 0.29) is 10.6 Å². The van der Waals surface area contributed by atoms with Gasteiger partial charge >= 0.3 is 0 Å². The van der Waals surface area contributed by atoms with Crippen molar-refractivity contribution < 1.29 is 17.9 Å². The summed E-state index contributed by atoms with van der Waals surface area (Å²) in [5.74, 6) is -0.207. The van der Waals surface area contributed by atoms with Gasteiger partial charge in [0.1, 0.15) is 5.75 Å². The maximum absolute atomic E-state index is 13.5. The van der Waals surface area contributed by atoms with E-state index in [9.17, 15) is 13.2 Å². The van der Waals surface area contributed by atoms with Crippen molar-refractivity contribution >= 4 is 21.6 Å². The van der Waals surface area contributed by atoms with Crippen LogP contribution in [0.5, 0.6) is 5.75 Å². The van der Waals surface area contributed by atoms with Crippen molar-refractivity contribution in [1.82, 2.24) is 0 Å². The second-order valence-corrected chi connectivity index (χ2v) is 9.69. The lowest BCUT2D eigenvalue weighted by atomic mass is 10.1. The molecule has 6 heteroatoms. The molecule has 0 saturated heterocycles. The van der Waals surface area contributed by atoms with E-state index in [0.29, 0.717) is 5.75 Å². The number of carbonyl (C=O) groups is 1. The molecule has 4 aromatic carbocycles. The molecule has 1 amide bonds. The number of carbonyl (C=O) groups excluding carboxylic acids is 1. The number of benzene rings is 4. The van der Waals surface area contributed by atoms with Gasteiger partial charge in [-0.1, -0.05) is 78.4 Å². The zero-order chi connectivity index (χ0) is 24.1. The third-order valence-electron chi connectivity index (χ3n) is 5.37. The molecule has 5 nitrogen and oxygen atoms in total. The lowest BCUT2D eigenvalue weighted by Gasteiger charge is -2.26.